The summed E-state index contributed by atoms with van der Waals surface area (Å²) in [6.45, 7) is 5.75. The van der Waals surface area contributed by atoms with E-state index >= 15 is 0 Å². The van der Waals surface area contributed by atoms with Crippen LogP contribution in [0.5, 0.6) is 5.75 Å². The number of benzene rings is 2. The molecule has 0 unspecified atom stereocenters. The average Bonchev–Trinajstić information content (AvgIpc) is 3.25. The number of hydrogen-bond acceptors (Lipinski definition) is 5. The molecular weight excluding hydrogens is 440 g/mol. The highest BCUT2D eigenvalue weighted by atomic mass is 35.5. The van der Waals surface area contributed by atoms with Gasteiger partial charge in [-0.3, -0.25) is 18.9 Å². The first-order chi connectivity index (χ1) is 15.8. The maximum absolute atomic E-state index is 12.7. The molecule has 5 rings (SSSR count). The molecule has 0 saturated carbocycles. The highest BCUT2D eigenvalue weighted by molar-refractivity contribution is 5.85. The zero-order valence-electron chi connectivity index (χ0n) is 18.3. The van der Waals surface area contributed by atoms with Gasteiger partial charge in [0, 0.05) is 43.0 Å². The Kier molecular flexibility index (Phi) is 7.44. The molecule has 0 aliphatic carbocycles. The maximum atomic E-state index is 12.7. The Morgan fingerprint density at radius 2 is 1.79 bits per heavy atom. The lowest BCUT2D eigenvalue weighted by atomic mass is 10.2. The third-order valence-electron chi connectivity index (χ3n) is 5.77. The van der Waals surface area contributed by atoms with Crippen molar-refractivity contribution >= 4 is 23.3 Å². The van der Waals surface area contributed by atoms with Gasteiger partial charge in [-0.2, -0.15) is 5.10 Å². The number of aromatic nitrogens is 3. The van der Waals surface area contributed by atoms with E-state index in [1.807, 2.05) is 65.5 Å². The summed E-state index contributed by atoms with van der Waals surface area (Å²) in [5.41, 5.74) is 2.81. The molecule has 2 aromatic heterocycles. The Balaban J connectivity index is 0.00000259. The van der Waals surface area contributed by atoms with Crippen molar-refractivity contribution in [2.45, 2.75) is 13.2 Å². The van der Waals surface area contributed by atoms with Gasteiger partial charge < -0.3 is 9.47 Å². The molecule has 1 saturated heterocycles. The minimum absolute atomic E-state index is 0. The monoisotopic (exact) mass is 466 g/mol. The molecule has 0 bridgehead atoms. The van der Waals surface area contributed by atoms with Crippen LogP contribution in [0, 0.1) is 0 Å². The molecule has 0 radical (unpaired) electrons. The van der Waals surface area contributed by atoms with Crippen molar-refractivity contribution in [1.29, 1.82) is 0 Å². The molecule has 2 aromatic carbocycles. The predicted octanol–water partition coefficient (Wildman–Crippen LogP) is 3.52. The van der Waals surface area contributed by atoms with Gasteiger partial charge in [0.2, 0.25) is 0 Å². The minimum Gasteiger partial charge on any atom is -0.489 e. The van der Waals surface area contributed by atoms with E-state index < -0.39 is 0 Å². The third-order valence-corrected chi connectivity index (χ3v) is 5.77. The van der Waals surface area contributed by atoms with E-state index in [0.29, 0.717) is 12.4 Å². The molecule has 8 heteroatoms. The van der Waals surface area contributed by atoms with Crippen molar-refractivity contribution < 1.29 is 9.47 Å². The van der Waals surface area contributed by atoms with Crippen molar-refractivity contribution in [2.24, 2.45) is 0 Å². The summed E-state index contributed by atoms with van der Waals surface area (Å²) >= 11 is 0. The van der Waals surface area contributed by atoms with Gasteiger partial charge >= 0.3 is 0 Å². The van der Waals surface area contributed by atoms with E-state index in [1.165, 1.54) is 6.07 Å². The molecule has 0 spiro atoms. The van der Waals surface area contributed by atoms with Crippen molar-refractivity contribution in [2.75, 3.05) is 32.8 Å². The molecule has 1 aliphatic rings. The smallest absolute Gasteiger partial charge is 0.258 e. The summed E-state index contributed by atoms with van der Waals surface area (Å²) in [6.07, 6.45) is 3.62. The fourth-order valence-electron chi connectivity index (χ4n) is 3.97. The van der Waals surface area contributed by atoms with Crippen LogP contribution in [-0.4, -0.2) is 52.1 Å². The third kappa shape index (κ3) is 5.45. The van der Waals surface area contributed by atoms with Crippen LogP contribution in [0.15, 0.2) is 77.9 Å². The van der Waals surface area contributed by atoms with E-state index in [9.17, 15) is 4.79 Å². The molecule has 7 nitrogen and oxygen atoms in total. The van der Waals surface area contributed by atoms with E-state index in [1.54, 1.807) is 10.8 Å². The second-order valence-corrected chi connectivity index (χ2v) is 7.91. The normalized spacial score (nSPS) is 14.2. The highest BCUT2D eigenvalue weighted by Crippen LogP contribution is 2.19. The number of nitrogens with zero attached hydrogens (tertiary/aromatic N) is 4. The number of halogens is 1. The van der Waals surface area contributed by atoms with Crippen molar-refractivity contribution in [3.05, 3.63) is 89.0 Å². The molecule has 172 valence electrons. The van der Waals surface area contributed by atoms with Gasteiger partial charge in [0.1, 0.15) is 12.4 Å². The summed E-state index contributed by atoms with van der Waals surface area (Å²) in [6, 6.07) is 19.2. The van der Waals surface area contributed by atoms with E-state index in [2.05, 4.69) is 10.00 Å². The van der Waals surface area contributed by atoms with Crippen LogP contribution < -0.4 is 10.3 Å². The number of pyridine rings is 1. The van der Waals surface area contributed by atoms with Crippen LogP contribution in [0.1, 0.15) is 5.56 Å². The number of ether oxygens (including phenoxy) is 2. The second-order valence-electron chi connectivity index (χ2n) is 7.91. The largest absolute Gasteiger partial charge is 0.489 e. The topological polar surface area (TPSA) is 61.5 Å². The molecule has 0 N–H and O–H groups in total. The van der Waals surface area contributed by atoms with Gasteiger partial charge in [-0.15, -0.1) is 12.4 Å². The molecule has 1 fully saturated rings. The lowest BCUT2D eigenvalue weighted by molar-refractivity contribution is 0.0361. The zero-order chi connectivity index (χ0) is 21.8. The first-order valence-corrected chi connectivity index (χ1v) is 10.9. The predicted molar refractivity (Wildman–Crippen MR) is 131 cm³/mol. The Morgan fingerprint density at radius 1 is 0.970 bits per heavy atom. The number of rotatable bonds is 7. The van der Waals surface area contributed by atoms with Crippen LogP contribution in [0.3, 0.4) is 0 Å². The summed E-state index contributed by atoms with van der Waals surface area (Å²) in [7, 11) is 0. The second kappa shape index (κ2) is 10.7. The summed E-state index contributed by atoms with van der Waals surface area (Å²) < 4.78 is 14.8. The molecule has 0 atom stereocenters. The summed E-state index contributed by atoms with van der Waals surface area (Å²) in [4.78, 5) is 15.1. The van der Waals surface area contributed by atoms with Gasteiger partial charge in [0.25, 0.3) is 5.56 Å². The molecular formula is C25H27ClN4O3. The first kappa shape index (κ1) is 23.0. The van der Waals surface area contributed by atoms with Gasteiger partial charge in [-0.1, -0.05) is 30.3 Å². The first-order valence-electron chi connectivity index (χ1n) is 10.9. The van der Waals surface area contributed by atoms with Crippen molar-refractivity contribution in [3.63, 3.8) is 0 Å². The number of hydrogen-bond donors (Lipinski definition) is 0. The molecule has 33 heavy (non-hydrogen) atoms. The summed E-state index contributed by atoms with van der Waals surface area (Å²) in [5, 5.41) is 5.57. The molecule has 0 amide bonds. The van der Waals surface area contributed by atoms with Gasteiger partial charge in [0.05, 0.1) is 31.5 Å². The van der Waals surface area contributed by atoms with E-state index in [4.69, 9.17) is 9.47 Å². The van der Waals surface area contributed by atoms with Gasteiger partial charge in [-0.25, -0.2) is 0 Å². The Hall–Kier alpha value is -3.13. The quantitative estimate of drug-likeness (QED) is 0.417. The zero-order valence-corrected chi connectivity index (χ0v) is 19.1. The lowest BCUT2D eigenvalue weighted by Crippen LogP contribution is -2.38. The standard InChI is InChI=1S/C25H26N4O3.ClH/c30-25-17-23(32-19-20-4-2-1-3-5-20)8-9-28(25)22-6-7-24-21(16-22)18-26-29(24)11-10-27-12-14-31-15-13-27;/h1-9,16-18H,10-15,19H2;1H. The van der Waals surface area contributed by atoms with Crippen LogP contribution in [0.25, 0.3) is 16.6 Å². The molecule has 4 aromatic rings. The summed E-state index contributed by atoms with van der Waals surface area (Å²) in [5.74, 6) is 0.562. The van der Waals surface area contributed by atoms with Crippen molar-refractivity contribution in [3.8, 4) is 11.4 Å². The maximum Gasteiger partial charge on any atom is 0.258 e. The van der Waals surface area contributed by atoms with E-state index in [0.717, 1.165) is 61.5 Å². The number of morpholine rings is 1. The van der Waals surface area contributed by atoms with Gasteiger partial charge in [-0.05, 0) is 29.8 Å². The van der Waals surface area contributed by atoms with Gasteiger partial charge in [0.15, 0.2) is 0 Å². The SMILES string of the molecule is Cl.O=c1cc(OCc2ccccc2)ccn1-c1ccc2c(cnn2CCN2CCOCC2)c1. The average molecular weight is 467 g/mol. The fraction of sp³-hybridized carbons (Fsp3) is 0.280. The minimum atomic E-state index is -0.130. The van der Waals surface area contributed by atoms with Crippen LogP contribution >= 0.6 is 12.4 Å². The Bertz CT molecular complexity index is 1250. The Labute approximate surface area is 198 Å². The van der Waals surface area contributed by atoms with Crippen molar-refractivity contribution in [1.82, 2.24) is 19.2 Å². The van der Waals surface area contributed by atoms with E-state index in [-0.39, 0.29) is 18.0 Å². The van der Waals surface area contributed by atoms with Crippen LogP contribution in [0.4, 0.5) is 0 Å². The molecule has 1 aliphatic heterocycles. The Morgan fingerprint density at radius 3 is 2.58 bits per heavy atom. The number of fused-ring (bicyclic) bond motifs is 1. The van der Waals surface area contributed by atoms with Crippen LogP contribution in [-0.2, 0) is 17.9 Å². The highest BCUT2D eigenvalue weighted by Gasteiger charge is 2.12. The fourth-order valence-corrected chi connectivity index (χ4v) is 3.97. The van der Waals surface area contributed by atoms with Crippen LogP contribution in [0.2, 0.25) is 0 Å². The lowest BCUT2D eigenvalue weighted by Gasteiger charge is -2.26. The molecule has 3 heterocycles.